The average molecular weight is 466 g/mol. The number of aromatic nitrogens is 2. The van der Waals surface area contributed by atoms with Gasteiger partial charge in [0.25, 0.3) is 5.91 Å². The molecule has 0 atom stereocenters. The number of aliphatic carboxylic acids is 1. The molecule has 0 radical (unpaired) electrons. The van der Waals surface area contributed by atoms with E-state index < -0.39 is 17.8 Å². The standard InChI is InChI=1S/C24H23FN4O5/c1-15-8-17(4-7-20(15)25)9-27-23(32)22-19(10-26-14-28-22)12-29(13-21(30)31)11-16-2-5-18(6-3-16)24(33)34/h2-8,10,14H,9,11-13H2,1H3,(H,27,32)(H,30,31)(H,33,34). The molecule has 0 saturated heterocycles. The minimum Gasteiger partial charge on any atom is -0.480 e. The zero-order chi connectivity index (χ0) is 24.7. The zero-order valence-electron chi connectivity index (χ0n) is 18.4. The summed E-state index contributed by atoms with van der Waals surface area (Å²) in [6.45, 7) is 1.77. The molecule has 3 aromatic rings. The predicted octanol–water partition coefficient (Wildman–Crippen LogP) is 2.64. The SMILES string of the molecule is Cc1cc(CNC(=O)c2ncncc2CN(CC(=O)O)Cc2ccc(C(=O)O)cc2)ccc1F. The van der Waals surface area contributed by atoms with Crippen molar-refractivity contribution in [2.24, 2.45) is 0 Å². The number of nitrogens with one attached hydrogen (secondary N) is 1. The second-order valence-electron chi connectivity index (χ2n) is 7.70. The fourth-order valence-electron chi connectivity index (χ4n) is 3.37. The van der Waals surface area contributed by atoms with Gasteiger partial charge in [-0.2, -0.15) is 0 Å². The first-order chi connectivity index (χ1) is 16.2. The van der Waals surface area contributed by atoms with E-state index in [4.69, 9.17) is 5.11 Å². The molecule has 3 N–H and O–H groups in total. The van der Waals surface area contributed by atoms with E-state index >= 15 is 0 Å². The summed E-state index contributed by atoms with van der Waals surface area (Å²) < 4.78 is 13.5. The highest BCUT2D eigenvalue weighted by Crippen LogP contribution is 2.14. The van der Waals surface area contributed by atoms with E-state index in [-0.39, 0.29) is 43.3 Å². The van der Waals surface area contributed by atoms with Crippen LogP contribution in [0.4, 0.5) is 4.39 Å². The van der Waals surface area contributed by atoms with Gasteiger partial charge in [-0.05, 0) is 41.8 Å². The van der Waals surface area contributed by atoms with Gasteiger partial charge in [0.1, 0.15) is 17.8 Å². The molecule has 10 heteroatoms. The van der Waals surface area contributed by atoms with Crippen molar-refractivity contribution in [3.63, 3.8) is 0 Å². The largest absolute Gasteiger partial charge is 0.480 e. The molecule has 1 amide bonds. The number of halogens is 1. The summed E-state index contributed by atoms with van der Waals surface area (Å²) >= 11 is 0. The zero-order valence-corrected chi connectivity index (χ0v) is 18.4. The molecular weight excluding hydrogens is 443 g/mol. The summed E-state index contributed by atoms with van der Waals surface area (Å²) in [7, 11) is 0. The van der Waals surface area contributed by atoms with Crippen molar-refractivity contribution in [2.45, 2.75) is 26.6 Å². The van der Waals surface area contributed by atoms with E-state index in [2.05, 4.69) is 15.3 Å². The minimum atomic E-state index is -1.06. The lowest BCUT2D eigenvalue weighted by Crippen LogP contribution is -2.31. The molecular formula is C24H23FN4O5. The summed E-state index contributed by atoms with van der Waals surface area (Å²) in [5, 5.41) is 21.1. The van der Waals surface area contributed by atoms with Gasteiger partial charge in [-0.25, -0.2) is 19.2 Å². The van der Waals surface area contributed by atoms with Crippen LogP contribution in [0.2, 0.25) is 0 Å². The Morgan fingerprint density at radius 3 is 2.38 bits per heavy atom. The maximum atomic E-state index is 13.5. The Balaban J connectivity index is 1.74. The molecule has 176 valence electrons. The molecule has 0 aliphatic rings. The molecule has 0 fully saturated rings. The van der Waals surface area contributed by atoms with Gasteiger partial charge in [0.2, 0.25) is 0 Å². The summed E-state index contributed by atoms with van der Waals surface area (Å²) in [6.07, 6.45) is 2.68. The third-order valence-corrected chi connectivity index (χ3v) is 5.04. The average Bonchev–Trinajstić information content (AvgIpc) is 2.80. The Morgan fingerprint density at radius 1 is 1.03 bits per heavy atom. The Morgan fingerprint density at radius 2 is 1.74 bits per heavy atom. The maximum absolute atomic E-state index is 13.5. The molecule has 34 heavy (non-hydrogen) atoms. The highest BCUT2D eigenvalue weighted by atomic mass is 19.1. The normalized spacial score (nSPS) is 10.8. The molecule has 0 spiro atoms. The molecule has 1 heterocycles. The molecule has 0 bridgehead atoms. The summed E-state index contributed by atoms with van der Waals surface area (Å²) in [5.41, 5.74) is 2.56. The maximum Gasteiger partial charge on any atom is 0.335 e. The van der Waals surface area contributed by atoms with Crippen molar-refractivity contribution in [1.82, 2.24) is 20.2 Å². The topological polar surface area (TPSA) is 133 Å². The highest BCUT2D eigenvalue weighted by molar-refractivity contribution is 5.93. The third kappa shape index (κ3) is 6.66. The van der Waals surface area contributed by atoms with Crippen LogP contribution < -0.4 is 5.32 Å². The van der Waals surface area contributed by atoms with E-state index in [1.54, 1.807) is 36.1 Å². The van der Waals surface area contributed by atoms with Crippen molar-refractivity contribution in [2.75, 3.05) is 6.54 Å². The van der Waals surface area contributed by atoms with Crippen LogP contribution in [0.15, 0.2) is 55.0 Å². The lowest BCUT2D eigenvalue weighted by atomic mass is 10.1. The second-order valence-corrected chi connectivity index (χ2v) is 7.70. The van der Waals surface area contributed by atoms with Crippen molar-refractivity contribution >= 4 is 17.8 Å². The number of amides is 1. The number of carboxylic acids is 2. The van der Waals surface area contributed by atoms with Crippen LogP contribution in [0.25, 0.3) is 0 Å². The van der Waals surface area contributed by atoms with Gasteiger partial charge in [0, 0.05) is 31.4 Å². The van der Waals surface area contributed by atoms with E-state index in [1.807, 2.05) is 0 Å². The quantitative estimate of drug-likeness (QED) is 0.415. The Labute approximate surface area is 194 Å². The van der Waals surface area contributed by atoms with Gasteiger partial charge >= 0.3 is 11.9 Å². The van der Waals surface area contributed by atoms with Gasteiger partial charge in [-0.1, -0.05) is 24.3 Å². The van der Waals surface area contributed by atoms with Crippen LogP contribution >= 0.6 is 0 Å². The monoisotopic (exact) mass is 466 g/mol. The third-order valence-electron chi connectivity index (χ3n) is 5.04. The van der Waals surface area contributed by atoms with Crippen molar-refractivity contribution in [3.05, 3.63) is 94.3 Å². The van der Waals surface area contributed by atoms with E-state index in [1.165, 1.54) is 30.7 Å². The van der Waals surface area contributed by atoms with Crippen LogP contribution in [0.3, 0.4) is 0 Å². The number of benzene rings is 2. The predicted molar refractivity (Wildman–Crippen MR) is 119 cm³/mol. The number of rotatable bonds is 10. The van der Waals surface area contributed by atoms with Crippen molar-refractivity contribution < 1.29 is 29.0 Å². The molecule has 0 unspecified atom stereocenters. The van der Waals surface area contributed by atoms with Gasteiger partial charge in [0.05, 0.1) is 12.1 Å². The number of aromatic carboxylic acids is 1. The smallest absolute Gasteiger partial charge is 0.335 e. The molecule has 0 aliphatic heterocycles. The van der Waals surface area contributed by atoms with Crippen LogP contribution in [-0.2, 0) is 24.4 Å². The number of nitrogens with zero attached hydrogens (tertiary/aromatic N) is 3. The van der Waals surface area contributed by atoms with Crippen LogP contribution in [-0.4, -0.2) is 49.5 Å². The molecule has 2 aromatic carbocycles. The van der Waals surface area contributed by atoms with Gasteiger partial charge in [-0.3, -0.25) is 14.5 Å². The van der Waals surface area contributed by atoms with Gasteiger partial charge in [-0.15, -0.1) is 0 Å². The van der Waals surface area contributed by atoms with E-state index in [9.17, 15) is 23.9 Å². The lowest BCUT2D eigenvalue weighted by molar-refractivity contribution is -0.138. The number of hydrogen-bond donors (Lipinski definition) is 3. The van der Waals surface area contributed by atoms with Crippen LogP contribution in [0.5, 0.6) is 0 Å². The molecule has 0 aliphatic carbocycles. The summed E-state index contributed by atoms with van der Waals surface area (Å²) in [6, 6.07) is 10.7. The van der Waals surface area contributed by atoms with Crippen LogP contribution in [0.1, 0.15) is 43.1 Å². The summed E-state index contributed by atoms with van der Waals surface area (Å²) in [4.78, 5) is 44.9. The fraction of sp³-hybridized carbons (Fsp3) is 0.208. The van der Waals surface area contributed by atoms with Gasteiger partial charge in [0.15, 0.2) is 0 Å². The summed E-state index contributed by atoms with van der Waals surface area (Å²) in [5.74, 6) is -2.91. The first-order valence-corrected chi connectivity index (χ1v) is 10.3. The number of carboxylic acid groups (broad SMARTS) is 2. The van der Waals surface area contributed by atoms with Crippen molar-refractivity contribution in [3.8, 4) is 0 Å². The number of hydrogen-bond acceptors (Lipinski definition) is 6. The highest BCUT2D eigenvalue weighted by Gasteiger charge is 2.18. The number of carbonyl (C=O) groups excluding carboxylic acids is 1. The lowest BCUT2D eigenvalue weighted by Gasteiger charge is -2.21. The molecule has 0 saturated carbocycles. The first kappa shape index (κ1) is 24.5. The fourth-order valence-corrected chi connectivity index (χ4v) is 3.37. The Bertz CT molecular complexity index is 1200. The van der Waals surface area contributed by atoms with Gasteiger partial charge < -0.3 is 15.5 Å². The molecule has 9 nitrogen and oxygen atoms in total. The Hall–Kier alpha value is -4.18. The van der Waals surface area contributed by atoms with Crippen LogP contribution in [0, 0.1) is 12.7 Å². The second kappa shape index (κ2) is 11.1. The minimum absolute atomic E-state index is 0.0756. The number of aryl methyl sites for hydroxylation is 1. The molecule has 1 aromatic heterocycles. The number of carbonyl (C=O) groups is 3. The Kier molecular flexibility index (Phi) is 7.99. The van der Waals surface area contributed by atoms with E-state index in [0.717, 1.165) is 5.56 Å². The van der Waals surface area contributed by atoms with E-state index in [0.29, 0.717) is 16.7 Å². The van der Waals surface area contributed by atoms with Crippen molar-refractivity contribution in [1.29, 1.82) is 0 Å². The molecule has 3 rings (SSSR count). The first-order valence-electron chi connectivity index (χ1n) is 10.3.